The summed E-state index contributed by atoms with van der Waals surface area (Å²) in [4.78, 5) is 4.21. The van der Waals surface area contributed by atoms with E-state index in [9.17, 15) is 0 Å². The molecule has 0 aromatic carbocycles. The lowest BCUT2D eigenvalue weighted by Gasteiger charge is -2.00. The van der Waals surface area contributed by atoms with Crippen LogP contribution in [-0.4, -0.2) is 21.1 Å². The highest BCUT2D eigenvalue weighted by Gasteiger charge is 2.08. The molecule has 0 unspecified atom stereocenters. The van der Waals surface area contributed by atoms with Crippen molar-refractivity contribution in [3.8, 4) is 0 Å². The minimum absolute atomic E-state index is 0.826. The Morgan fingerprint density at radius 3 is 3.20 bits per heavy atom. The van der Waals surface area contributed by atoms with Gasteiger partial charge in [-0.25, -0.2) is 4.98 Å². The van der Waals surface area contributed by atoms with Gasteiger partial charge in [0.2, 0.25) is 0 Å². The Kier molecular flexibility index (Phi) is 3.93. The van der Waals surface area contributed by atoms with Crippen LogP contribution in [0.25, 0.3) is 0 Å². The molecule has 0 spiro atoms. The summed E-state index contributed by atoms with van der Waals surface area (Å²) in [6.07, 6.45) is 1.82. The van der Waals surface area contributed by atoms with Crippen LogP contribution in [0.4, 0.5) is 5.00 Å². The molecule has 0 saturated carbocycles. The molecule has 0 fully saturated rings. The van der Waals surface area contributed by atoms with Crippen LogP contribution in [0.2, 0.25) is 0 Å². The molecule has 7 heteroatoms. The molecule has 4 nitrogen and oxygen atoms in total. The molecule has 0 aliphatic rings. The molecular formula is C8H10N4S3. The average Bonchev–Trinajstić information content (AvgIpc) is 2.85. The van der Waals surface area contributed by atoms with Crippen molar-refractivity contribution < 1.29 is 0 Å². The number of anilines is 1. The van der Waals surface area contributed by atoms with Crippen molar-refractivity contribution in [2.45, 2.75) is 17.0 Å². The van der Waals surface area contributed by atoms with E-state index >= 15 is 0 Å². The molecule has 80 valence electrons. The lowest BCUT2D eigenvalue weighted by atomic mass is 10.5. The van der Waals surface area contributed by atoms with E-state index in [0.29, 0.717) is 0 Å². The monoisotopic (exact) mass is 258 g/mol. The van der Waals surface area contributed by atoms with Gasteiger partial charge in [-0.1, -0.05) is 16.3 Å². The van der Waals surface area contributed by atoms with Crippen molar-refractivity contribution in [3.63, 3.8) is 0 Å². The summed E-state index contributed by atoms with van der Waals surface area (Å²) in [5, 5.41) is 10.4. The number of aromatic nitrogens is 3. The number of rotatable bonds is 5. The van der Waals surface area contributed by atoms with Crippen molar-refractivity contribution in [1.29, 1.82) is 0 Å². The van der Waals surface area contributed by atoms with E-state index in [0.717, 1.165) is 27.3 Å². The van der Waals surface area contributed by atoms with Gasteiger partial charge in [-0.3, -0.25) is 0 Å². The highest BCUT2D eigenvalue weighted by Crippen LogP contribution is 2.28. The molecule has 0 amide bonds. The van der Waals surface area contributed by atoms with Crippen molar-refractivity contribution >= 4 is 39.6 Å². The number of nitrogens with one attached hydrogen (secondary N) is 1. The fourth-order valence-corrected chi connectivity index (χ4v) is 3.32. The van der Waals surface area contributed by atoms with Crippen LogP contribution in [0.3, 0.4) is 0 Å². The SMILES string of the molecule is CCNc1snnc1CSc1nccs1. The first kappa shape index (κ1) is 10.8. The molecule has 0 aliphatic heterocycles. The Morgan fingerprint density at radius 2 is 2.47 bits per heavy atom. The fraction of sp³-hybridized carbons (Fsp3) is 0.375. The largest absolute Gasteiger partial charge is 0.374 e. The normalized spacial score (nSPS) is 10.5. The molecule has 2 rings (SSSR count). The van der Waals surface area contributed by atoms with Crippen LogP contribution < -0.4 is 5.32 Å². The minimum atomic E-state index is 0.826. The van der Waals surface area contributed by atoms with Gasteiger partial charge < -0.3 is 5.32 Å². The van der Waals surface area contributed by atoms with Gasteiger partial charge in [-0.15, -0.1) is 16.4 Å². The van der Waals surface area contributed by atoms with Crippen LogP contribution in [0.1, 0.15) is 12.6 Å². The molecule has 1 N–H and O–H groups in total. The van der Waals surface area contributed by atoms with E-state index in [-0.39, 0.29) is 0 Å². The van der Waals surface area contributed by atoms with E-state index in [1.54, 1.807) is 23.1 Å². The van der Waals surface area contributed by atoms with Gasteiger partial charge in [0.05, 0.1) is 0 Å². The van der Waals surface area contributed by atoms with Crippen molar-refractivity contribution in [2.24, 2.45) is 0 Å². The number of nitrogens with zero attached hydrogens (tertiary/aromatic N) is 3. The second-order valence-electron chi connectivity index (χ2n) is 2.67. The molecule has 0 saturated heterocycles. The average molecular weight is 258 g/mol. The third-order valence-electron chi connectivity index (χ3n) is 1.64. The van der Waals surface area contributed by atoms with Gasteiger partial charge in [0.1, 0.15) is 15.0 Å². The maximum Gasteiger partial charge on any atom is 0.150 e. The first-order valence-electron chi connectivity index (χ1n) is 4.47. The predicted molar refractivity (Wildman–Crippen MR) is 65.7 cm³/mol. The molecular weight excluding hydrogens is 248 g/mol. The summed E-state index contributed by atoms with van der Waals surface area (Å²) in [7, 11) is 0. The zero-order valence-electron chi connectivity index (χ0n) is 8.14. The lowest BCUT2D eigenvalue weighted by Crippen LogP contribution is -1.97. The van der Waals surface area contributed by atoms with E-state index in [4.69, 9.17) is 0 Å². The molecule has 0 bridgehead atoms. The Balaban J connectivity index is 1.95. The van der Waals surface area contributed by atoms with E-state index < -0.39 is 0 Å². The highest BCUT2D eigenvalue weighted by molar-refractivity contribution is 8.00. The smallest absolute Gasteiger partial charge is 0.150 e. The van der Waals surface area contributed by atoms with Crippen LogP contribution in [0.15, 0.2) is 15.9 Å². The molecule has 0 radical (unpaired) electrons. The fourth-order valence-electron chi connectivity index (χ4n) is 1.01. The van der Waals surface area contributed by atoms with E-state index in [1.165, 1.54) is 11.5 Å². The molecule has 2 heterocycles. The van der Waals surface area contributed by atoms with Gasteiger partial charge in [-0.05, 0) is 6.92 Å². The second-order valence-corrected chi connectivity index (χ2v) is 5.54. The lowest BCUT2D eigenvalue weighted by molar-refractivity contribution is 1.07. The maximum atomic E-state index is 4.21. The third-order valence-corrected chi connectivity index (χ3v) is 4.34. The molecule has 2 aromatic heterocycles. The first-order chi connectivity index (χ1) is 7.40. The van der Waals surface area contributed by atoms with Crippen molar-refractivity contribution in [1.82, 2.24) is 14.6 Å². The van der Waals surface area contributed by atoms with Gasteiger partial charge in [0.15, 0.2) is 0 Å². The topological polar surface area (TPSA) is 50.7 Å². The Morgan fingerprint density at radius 1 is 1.53 bits per heavy atom. The second kappa shape index (κ2) is 5.43. The predicted octanol–water partition coefficient (Wildman–Crippen LogP) is 2.72. The number of hydrogen-bond donors (Lipinski definition) is 1. The summed E-state index contributed by atoms with van der Waals surface area (Å²) in [5.74, 6) is 0.826. The molecule has 2 aromatic rings. The summed E-state index contributed by atoms with van der Waals surface area (Å²) < 4.78 is 5.01. The van der Waals surface area contributed by atoms with Crippen molar-refractivity contribution in [3.05, 3.63) is 17.3 Å². The van der Waals surface area contributed by atoms with Crippen molar-refractivity contribution in [2.75, 3.05) is 11.9 Å². The molecule has 15 heavy (non-hydrogen) atoms. The van der Waals surface area contributed by atoms with Gasteiger partial charge in [0, 0.05) is 35.4 Å². The van der Waals surface area contributed by atoms with E-state index in [2.05, 4.69) is 26.8 Å². The number of thiazole rings is 1. The molecule has 0 aliphatic carbocycles. The molecule has 0 atom stereocenters. The Bertz CT molecular complexity index is 398. The number of thioether (sulfide) groups is 1. The summed E-state index contributed by atoms with van der Waals surface area (Å²) in [5.41, 5.74) is 1.02. The minimum Gasteiger partial charge on any atom is -0.374 e. The maximum absolute atomic E-state index is 4.21. The van der Waals surface area contributed by atoms with Gasteiger partial charge in [-0.2, -0.15) is 0 Å². The van der Waals surface area contributed by atoms with Crippen LogP contribution in [0, 0.1) is 0 Å². The zero-order valence-corrected chi connectivity index (χ0v) is 10.6. The quantitative estimate of drug-likeness (QED) is 0.836. The van der Waals surface area contributed by atoms with Crippen LogP contribution in [0.5, 0.6) is 0 Å². The summed E-state index contributed by atoms with van der Waals surface area (Å²) in [6, 6.07) is 0. The summed E-state index contributed by atoms with van der Waals surface area (Å²) >= 11 is 4.76. The standard InChI is InChI=1S/C8H10N4S3/c1-2-9-7-6(11-12-15-7)5-14-8-10-3-4-13-8/h3-4,9H,2,5H2,1H3. The van der Waals surface area contributed by atoms with Gasteiger partial charge >= 0.3 is 0 Å². The van der Waals surface area contributed by atoms with Crippen LogP contribution in [-0.2, 0) is 5.75 Å². The van der Waals surface area contributed by atoms with Gasteiger partial charge in [0.25, 0.3) is 0 Å². The Labute approximate surface area is 100 Å². The highest BCUT2D eigenvalue weighted by atomic mass is 32.2. The zero-order chi connectivity index (χ0) is 10.5. The first-order valence-corrected chi connectivity index (χ1v) is 7.11. The van der Waals surface area contributed by atoms with E-state index in [1.807, 2.05) is 11.6 Å². The summed E-state index contributed by atoms with van der Waals surface area (Å²) in [6.45, 7) is 2.97. The third kappa shape index (κ3) is 2.90. The Hall–Kier alpha value is -0.660. The number of hydrogen-bond acceptors (Lipinski definition) is 7. The van der Waals surface area contributed by atoms with Crippen LogP contribution >= 0.6 is 34.6 Å².